The van der Waals surface area contributed by atoms with Crippen LogP contribution in [0.1, 0.15) is 35.0 Å². The minimum absolute atomic E-state index is 0.185. The fraction of sp³-hybridized carbons (Fsp3) is 0.524. The highest BCUT2D eigenvalue weighted by Gasteiger charge is 2.17. The van der Waals surface area contributed by atoms with Crippen LogP contribution in [-0.4, -0.2) is 42.2 Å². The number of ether oxygens (including phenoxy) is 2. The number of guanidine groups is 1. The molecule has 1 atom stereocenters. The fourth-order valence-corrected chi connectivity index (χ4v) is 3.66. The van der Waals surface area contributed by atoms with Crippen molar-refractivity contribution < 1.29 is 13.9 Å². The minimum Gasteiger partial charge on any atom is -0.467 e. The zero-order chi connectivity index (χ0) is 21.0. The molecule has 0 bridgehead atoms. The van der Waals surface area contributed by atoms with E-state index < -0.39 is 0 Å². The number of halogens is 1. The van der Waals surface area contributed by atoms with Crippen LogP contribution >= 0.6 is 0 Å². The van der Waals surface area contributed by atoms with E-state index in [1.807, 2.05) is 18.7 Å². The van der Waals surface area contributed by atoms with E-state index in [-0.39, 0.29) is 18.7 Å². The molecule has 2 N–H and O–H groups in total. The van der Waals surface area contributed by atoms with E-state index in [2.05, 4.69) is 34.6 Å². The first-order valence-electron chi connectivity index (χ1n) is 9.87. The van der Waals surface area contributed by atoms with Crippen LogP contribution in [0.2, 0.25) is 0 Å². The molecule has 0 radical (unpaired) electrons. The summed E-state index contributed by atoms with van der Waals surface area (Å²) >= 11 is 0. The average Bonchev–Trinajstić information content (AvgIpc) is 2.93. The van der Waals surface area contributed by atoms with Crippen LogP contribution in [0.25, 0.3) is 0 Å². The molecular formula is C21H30FN5O2. The van der Waals surface area contributed by atoms with E-state index in [0.717, 1.165) is 29.0 Å². The standard InChI is InChI=1S/C21H30FN5O2/c1-13(8-19-14(2)26-27(5)15(19)3)25-21(23-4)24-7-6-16-9-18(22)10-17-11-28-12-29-20(16)17/h9-10,13H,6-8,11-12H2,1-5H3,(H2,23,24,25). The van der Waals surface area contributed by atoms with Crippen LogP contribution in [0.4, 0.5) is 4.39 Å². The number of fused-ring (bicyclic) bond motifs is 1. The van der Waals surface area contributed by atoms with Crippen molar-refractivity contribution in [1.82, 2.24) is 20.4 Å². The first kappa shape index (κ1) is 21.1. The lowest BCUT2D eigenvalue weighted by Gasteiger charge is -2.21. The maximum absolute atomic E-state index is 13.9. The number of nitrogens with zero attached hydrogens (tertiary/aromatic N) is 3. The van der Waals surface area contributed by atoms with Crippen molar-refractivity contribution in [3.63, 3.8) is 0 Å². The predicted molar refractivity (Wildman–Crippen MR) is 111 cm³/mol. The van der Waals surface area contributed by atoms with Crippen molar-refractivity contribution in [3.8, 4) is 5.75 Å². The van der Waals surface area contributed by atoms with Gasteiger partial charge >= 0.3 is 0 Å². The van der Waals surface area contributed by atoms with Gasteiger partial charge in [-0.15, -0.1) is 0 Å². The highest BCUT2D eigenvalue weighted by atomic mass is 19.1. The number of benzene rings is 1. The molecule has 1 unspecified atom stereocenters. The summed E-state index contributed by atoms with van der Waals surface area (Å²) in [5.74, 6) is 1.18. The Morgan fingerprint density at radius 1 is 1.38 bits per heavy atom. The number of aliphatic imine (C=N–C) groups is 1. The Kier molecular flexibility index (Phi) is 6.74. The van der Waals surface area contributed by atoms with Crippen molar-refractivity contribution in [1.29, 1.82) is 0 Å². The van der Waals surface area contributed by atoms with Crippen LogP contribution in [0.15, 0.2) is 17.1 Å². The summed E-state index contributed by atoms with van der Waals surface area (Å²) in [6, 6.07) is 3.18. The molecule has 1 aliphatic heterocycles. The SMILES string of the molecule is CN=C(NCCc1cc(F)cc2c1OCOC2)NC(C)Cc1c(C)nn(C)c1C. The molecule has 0 aliphatic carbocycles. The third-order valence-corrected chi connectivity index (χ3v) is 5.21. The molecule has 1 aliphatic rings. The summed E-state index contributed by atoms with van der Waals surface area (Å²) in [5.41, 5.74) is 5.08. The first-order valence-corrected chi connectivity index (χ1v) is 9.87. The predicted octanol–water partition coefficient (Wildman–Crippen LogP) is 2.38. The Labute approximate surface area is 171 Å². The highest BCUT2D eigenvalue weighted by molar-refractivity contribution is 5.80. The van der Waals surface area contributed by atoms with Gasteiger partial charge in [-0.3, -0.25) is 9.67 Å². The number of rotatable bonds is 6. The normalized spacial score (nSPS) is 14.9. The lowest BCUT2D eigenvalue weighted by Crippen LogP contribution is -2.43. The largest absolute Gasteiger partial charge is 0.467 e. The Morgan fingerprint density at radius 3 is 2.86 bits per heavy atom. The molecule has 8 heteroatoms. The Hall–Kier alpha value is -2.61. The first-order chi connectivity index (χ1) is 13.9. The maximum Gasteiger partial charge on any atom is 0.191 e. The summed E-state index contributed by atoms with van der Waals surface area (Å²) < 4.78 is 26.6. The second kappa shape index (κ2) is 9.26. The van der Waals surface area contributed by atoms with Crippen molar-refractivity contribution in [2.24, 2.45) is 12.0 Å². The number of nitrogens with one attached hydrogen (secondary N) is 2. The molecule has 0 spiro atoms. The molecule has 7 nitrogen and oxygen atoms in total. The van der Waals surface area contributed by atoms with Gasteiger partial charge in [-0.2, -0.15) is 5.10 Å². The van der Waals surface area contributed by atoms with Gasteiger partial charge in [0.2, 0.25) is 0 Å². The Balaban J connectivity index is 1.55. The quantitative estimate of drug-likeness (QED) is 0.572. The lowest BCUT2D eigenvalue weighted by molar-refractivity contribution is -0.0172. The van der Waals surface area contributed by atoms with Crippen LogP contribution in [-0.2, 0) is 31.2 Å². The summed E-state index contributed by atoms with van der Waals surface area (Å²) in [5, 5.41) is 11.2. The third-order valence-electron chi connectivity index (χ3n) is 5.21. The molecule has 0 saturated carbocycles. The average molecular weight is 404 g/mol. The van der Waals surface area contributed by atoms with Gasteiger partial charge in [0.05, 0.1) is 12.3 Å². The molecule has 29 heavy (non-hydrogen) atoms. The highest BCUT2D eigenvalue weighted by Crippen LogP contribution is 2.29. The Morgan fingerprint density at radius 2 is 2.17 bits per heavy atom. The second-order valence-electron chi connectivity index (χ2n) is 7.44. The van der Waals surface area contributed by atoms with E-state index in [9.17, 15) is 4.39 Å². The van der Waals surface area contributed by atoms with E-state index >= 15 is 0 Å². The summed E-state index contributed by atoms with van der Waals surface area (Å²) in [6.07, 6.45) is 1.48. The molecule has 0 fully saturated rings. The molecule has 2 aromatic rings. The third kappa shape index (κ3) is 5.06. The molecule has 2 heterocycles. The number of hydrogen-bond donors (Lipinski definition) is 2. The molecule has 0 saturated heterocycles. The number of hydrogen-bond acceptors (Lipinski definition) is 4. The lowest BCUT2D eigenvalue weighted by atomic mass is 10.1. The van der Waals surface area contributed by atoms with Gasteiger partial charge in [0.25, 0.3) is 0 Å². The molecular weight excluding hydrogens is 373 g/mol. The summed E-state index contributed by atoms with van der Waals surface area (Å²) in [7, 11) is 3.71. The van der Waals surface area contributed by atoms with Crippen LogP contribution in [0, 0.1) is 19.7 Å². The number of aromatic nitrogens is 2. The minimum atomic E-state index is -0.272. The van der Waals surface area contributed by atoms with Gasteiger partial charge in [-0.25, -0.2) is 4.39 Å². The van der Waals surface area contributed by atoms with Crippen LogP contribution in [0.3, 0.4) is 0 Å². The Bertz CT molecular complexity index is 894. The van der Waals surface area contributed by atoms with Gasteiger partial charge in [0.15, 0.2) is 12.8 Å². The van der Waals surface area contributed by atoms with Gasteiger partial charge in [0.1, 0.15) is 11.6 Å². The molecule has 3 rings (SSSR count). The monoisotopic (exact) mass is 403 g/mol. The molecule has 158 valence electrons. The van der Waals surface area contributed by atoms with Crippen LogP contribution < -0.4 is 15.4 Å². The summed E-state index contributed by atoms with van der Waals surface area (Å²) in [6.45, 7) is 7.43. The fourth-order valence-electron chi connectivity index (χ4n) is 3.66. The van der Waals surface area contributed by atoms with Crippen molar-refractivity contribution in [2.75, 3.05) is 20.4 Å². The van der Waals surface area contributed by atoms with Crippen LogP contribution in [0.5, 0.6) is 5.75 Å². The van der Waals surface area contributed by atoms with E-state index in [0.29, 0.717) is 25.5 Å². The van der Waals surface area contributed by atoms with Gasteiger partial charge in [-0.05, 0) is 56.9 Å². The molecule has 0 amide bonds. The maximum atomic E-state index is 13.9. The van der Waals surface area contributed by atoms with Crippen molar-refractivity contribution in [2.45, 2.75) is 46.3 Å². The number of aryl methyl sites for hydroxylation is 2. The molecule has 1 aromatic carbocycles. The van der Waals surface area contributed by atoms with E-state index in [1.165, 1.54) is 23.4 Å². The zero-order valence-corrected chi connectivity index (χ0v) is 17.8. The van der Waals surface area contributed by atoms with Gasteiger partial charge in [-0.1, -0.05) is 0 Å². The zero-order valence-electron chi connectivity index (χ0n) is 17.8. The molecule has 1 aromatic heterocycles. The van der Waals surface area contributed by atoms with Gasteiger partial charge < -0.3 is 20.1 Å². The topological polar surface area (TPSA) is 72.7 Å². The van der Waals surface area contributed by atoms with Gasteiger partial charge in [0, 0.05) is 37.9 Å². The van der Waals surface area contributed by atoms with E-state index in [1.54, 1.807) is 7.05 Å². The van der Waals surface area contributed by atoms with Crippen molar-refractivity contribution in [3.05, 3.63) is 46.0 Å². The van der Waals surface area contributed by atoms with Crippen molar-refractivity contribution >= 4 is 5.96 Å². The smallest absolute Gasteiger partial charge is 0.191 e. The summed E-state index contributed by atoms with van der Waals surface area (Å²) in [4.78, 5) is 4.30. The van der Waals surface area contributed by atoms with E-state index in [4.69, 9.17) is 9.47 Å². The second-order valence-corrected chi connectivity index (χ2v) is 7.44.